The summed E-state index contributed by atoms with van der Waals surface area (Å²) in [7, 11) is -3.80. The van der Waals surface area contributed by atoms with Crippen molar-refractivity contribution in [3.63, 3.8) is 0 Å². The van der Waals surface area contributed by atoms with Gasteiger partial charge in [-0.2, -0.15) is 17.5 Å². The first-order valence-corrected chi connectivity index (χ1v) is 19.3. The van der Waals surface area contributed by atoms with Gasteiger partial charge in [-0.05, 0) is 65.9 Å². The maximum Gasteiger partial charge on any atom is 0.511 e. The Bertz CT molecular complexity index is 1820. The van der Waals surface area contributed by atoms with E-state index in [2.05, 4.69) is 5.32 Å². The summed E-state index contributed by atoms with van der Waals surface area (Å²) in [5, 5.41) is 5.43. The van der Waals surface area contributed by atoms with Gasteiger partial charge in [-0.1, -0.05) is 53.5 Å². The fourth-order valence-electron chi connectivity index (χ4n) is 5.98. The monoisotopic (exact) mass is 799 g/mol. The maximum atomic E-state index is 13.2. The van der Waals surface area contributed by atoms with Gasteiger partial charge >= 0.3 is 15.5 Å². The van der Waals surface area contributed by atoms with Crippen LogP contribution < -0.4 is 10.1 Å². The zero-order valence-corrected chi connectivity index (χ0v) is 31.4. The first-order chi connectivity index (χ1) is 25.5. The van der Waals surface area contributed by atoms with E-state index in [-0.39, 0.29) is 51.1 Å². The highest BCUT2D eigenvalue weighted by molar-refractivity contribution is 7.90. The molecule has 3 aromatic carbocycles. The molecule has 0 radical (unpaired) electrons. The van der Waals surface area contributed by atoms with Crippen molar-refractivity contribution < 1.29 is 45.3 Å². The summed E-state index contributed by atoms with van der Waals surface area (Å²) in [6.45, 7) is 2.66. The predicted octanol–water partition coefficient (Wildman–Crippen LogP) is 7.52. The van der Waals surface area contributed by atoms with Crippen LogP contribution in [-0.2, 0) is 29.0 Å². The van der Waals surface area contributed by atoms with Crippen molar-refractivity contribution in [1.29, 1.82) is 0 Å². The van der Waals surface area contributed by atoms with E-state index >= 15 is 0 Å². The van der Waals surface area contributed by atoms with Crippen LogP contribution in [0.4, 0.5) is 18.9 Å². The lowest BCUT2D eigenvalue weighted by molar-refractivity contribution is -0.0494. The number of hydrogen-bond donors (Lipinski definition) is 1. The van der Waals surface area contributed by atoms with Gasteiger partial charge in [-0.25, -0.2) is 13.4 Å². The molecule has 5 rings (SSSR count). The molecule has 1 saturated heterocycles. The number of hydrogen-bond acceptors (Lipinski definition) is 9. The second-order valence-electron chi connectivity index (χ2n) is 12.3. The van der Waals surface area contributed by atoms with E-state index in [1.807, 2.05) is 66.7 Å². The molecule has 1 aliphatic rings. The van der Waals surface area contributed by atoms with Crippen molar-refractivity contribution in [1.82, 2.24) is 9.29 Å². The van der Waals surface area contributed by atoms with Gasteiger partial charge in [0.1, 0.15) is 6.61 Å². The highest BCUT2D eigenvalue weighted by atomic mass is 35.5. The minimum Gasteiger partial charge on any atom is -0.475 e. The predicted molar refractivity (Wildman–Crippen MR) is 199 cm³/mol. The van der Waals surface area contributed by atoms with Gasteiger partial charge in [-0.15, -0.1) is 0 Å². The van der Waals surface area contributed by atoms with E-state index in [4.69, 9.17) is 51.9 Å². The van der Waals surface area contributed by atoms with Gasteiger partial charge in [-0.3, -0.25) is 0 Å². The van der Waals surface area contributed by atoms with Crippen LogP contribution in [0.2, 0.25) is 10.0 Å². The first-order valence-electron chi connectivity index (χ1n) is 17.1. The van der Waals surface area contributed by atoms with E-state index in [0.717, 1.165) is 22.1 Å². The second kappa shape index (κ2) is 19.4. The minimum atomic E-state index is -5.41. The van der Waals surface area contributed by atoms with E-state index in [1.54, 1.807) is 13.2 Å². The van der Waals surface area contributed by atoms with Crippen LogP contribution >= 0.6 is 23.2 Å². The van der Waals surface area contributed by atoms with E-state index < -0.39 is 15.5 Å². The van der Waals surface area contributed by atoms with E-state index in [1.165, 1.54) is 0 Å². The molecule has 4 aromatic rings. The van der Waals surface area contributed by atoms with Crippen LogP contribution in [0.5, 0.6) is 5.88 Å². The highest BCUT2D eigenvalue weighted by Gasteiger charge is 2.50. The summed E-state index contributed by atoms with van der Waals surface area (Å²) in [6.07, 6.45) is 0.338. The zero-order valence-electron chi connectivity index (χ0n) is 29.1. The van der Waals surface area contributed by atoms with Crippen LogP contribution in [-0.4, -0.2) is 102 Å². The topological polar surface area (TPSA) is 108 Å². The number of sulfonamides is 1. The van der Waals surface area contributed by atoms with Crippen LogP contribution in [0.3, 0.4) is 0 Å². The molecule has 0 atom stereocenters. The van der Waals surface area contributed by atoms with Crippen LogP contribution in [0.15, 0.2) is 72.8 Å². The molecular formula is C37H42Cl2F3N3O7S. The molecular weight excluding hydrogens is 758 g/mol. The number of rotatable bonds is 19. The average molecular weight is 801 g/mol. The lowest BCUT2D eigenvalue weighted by Crippen LogP contribution is -2.47. The molecule has 0 saturated carbocycles. The minimum absolute atomic E-state index is 0.169. The first kappa shape index (κ1) is 41.0. The summed E-state index contributed by atoms with van der Waals surface area (Å²) in [6, 6.07) is 22.6. The molecule has 0 amide bonds. The number of ether oxygens (including phenoxy) is 5. The Kier molecular flexibility index (Phi) is 15.0. The number of nitrogens with zero attached hydrogens (tertiary/aromatic N) is 2. The summed E-state index contributed by atoms with van der Waals surface area (Å²) in [5.74, 6) is 0.127. The van der Waals surface area contributed by atoms with Crippen molar-refractivity contribution in [2.24, 2.45) is 0 Å². The van der Waals surface area contributed by atoms with Crippen molar-refractivity contribution in [3.8, 4) is 5.88 Å². The maximum absolute atomic E-state index is 13.2. The number of benzene rings is 3. The van der Waals surface area contributed by atoms with Gasteiger partial charge in [0.25, 0.3) is 0 Å². The molecule has 0 aliphatic carbocycles. The smallest absolute Gasteiger partial charge is 0.475 e. The molecule has 0 unspecified atom stereocenters. The Balaban J connectivity index is 1.34. The van der Waals surface area contributed by atoms with Crippen LogP contribution in [0.1, 0.15) is 35.4 Å². The molecule has 10 nitrogen and oxygen atoms in total. The Morgan fingerprint density at radius 2 is 1.28 bits per heavy atom. The third-order valence-corrected chi connectivity index (χ3v) is 10.8. The van der Waals surface area contributed by atoms with Crippen LogP contribution in [0, 0.1) is 0 Å². The fourth-order valence-corrected chi connectivity index (χ4v) is 7.21. The lowest BCUT2D eigenvalue weighted by Gasteiger charge is -2.32. The largest absolute Gasteiger partial charge is 0.511 e. The Morgan fingerprint density at radius 3 is 1.81 bits per heavy atom. The number of methoxy groups -OCH3 is 1. The van der Waals surface area contributed by atoms with E-state index in [9.17, 15) is 21.6 Å². The number of nitrogens with one attached hydrogen (secondary N) is 1. The molecule has 0 bridgehead atoms. The molecule has 2 heterocycles. The number of piperidine rings is 1. The quantitative estimate of drug-likeness (QED) is 0.0762. The molecule has 1 N–H and O–H groups in total. The number of alkyl halides is 3. The van der Waals surface area contributed by atoms with Crippen molar-refractivity contribution in [3.05, 3.63) is 99.5 Å². The van der Waals surface area contributed by atoms with Crippen molar-refractivity contribution in [2.75, 3.05) is 78.4 Å². The molecule has 16 heteroatoms. The summed E-state index contributed by atoms with van der Waals surface area (Å²) >= 11 is 12.5. The van der Waals surface area contributed by atoms with Crippen LogP contribution in [0.25, 0.3) is 10.9 Å². The Hall–Kier alpha value is -3.21. The van der Waals surface area contributed by atoms with Gasteiger partial charge in [0.2, 0.25) is 5.88 Å². The summed E-state index contributed by atoms with van der Waals surface area (Å²) in [5.41, 5.74) is -1.13. The number of fused-ring (bicyclic) bond motifs is 1. The normalized spacial score (nSPS) is 14.6. The number of anilines is 1. The number of aromatic nitrogens is 1. The molecule has 288 valence electrons. The SMILES string of the molecule is COCCOCCOCCOCCOc1cc(NC2CCN(S(=O)(=O)C(F)(F)F)CC2)c2cc(C(c3ccc(Cl)cc3)c3ccc(Cl)cc3)ccc2n1. The third kappa shape index (κ3) is 11.4. The zero-order chi connectivity index (χ0) is 37.8. The summed E-state index contributed by atoms with van der Waals surface area (Å²) in [4.78, 5) is 4.75. The molecule has 0 spiro atoms. The molecule has 1 fully saturated rings. The van der Waals surface area contributed by atoms with E-state index in [0.29, 0.717) is 71.1 Å². The Labute approximate surface area is 317 Å². The van der Waals surface area contributed by atoms with Gasteiger partial charge in [0.05, 0.1) is 51.8 Å². The average Bonchev–Trinajstić information content (AvgIpc) is 3.13. The molecule has 1 aliphatic heterocycles. The Morgan fingerprint density at radius 1 is 0.774 bits per heavy atom. The van der Waals surface area contributed by atoms with Crippen molar-refractivity contribution in [2.45, 2.75) is 30.3 Å². The fraction of sp³-hybridized carbons (Fsp3) is 0.432. The van der Waals surface area contributed by atoms with Gasteiger partial charge in [0, 0.05) is 59.3 Å². The number of halogens is 5. The summed E-state index contributed by atoms with van der Waals surface area (Å²) < 4.78 is 91.7. The lowest BCUT2D eigenvalue weighted by atomic mass is 9.84. The number of pyridine rings is 1. The van der Waals surface area contributed by atoms with Gasteiger partial charge in [0.15, 0.2) is 0 Å². The molecule has 1 aromatic heterocycles. The third-order valence-electron chi connectivity index (χ3n) is 8.65. The molecule has 53 heavy (non-hydrogen) atoms. The standard InChI is InChI=1S/C37H42Cl2F3N3O7S/c1-48-16-17-49-18-19-50-20-21-51-22-23-52-35-25-34(43-31-12-14-45(15-13-31)53(46,47)37(40,41)42)32-24-28(6-11-33(32)44-35)36(26-2-7-29(38)8-3-26)27-4-9-30(39)10-5-27/h2-11,24-25,31,36H,12-23H2,1H3,(H,43,44). The highest BCUT2D eigenvalue weighted by Crippen LogP contribution is 2.37. The van der Waals surface area contributed by atoms with Crippen molar-refractivity contribution >= 4 is 49.8 Å². The van der Waals surface area contributed by atoms with Gasteiger partial charge < -0.3 is 29.0 Å². The second-order valence-corrected chi connectivity index (χ2v) is 15.1.